The molecule has 214 valence electrons. The van der Waals surface area contributed by atoms with Crippen LogP contribution in [0.4, 0.5) is 0 Å². The molecule has 6 unspecified atom stereocenters. The van der Waals surface area contributed by atoms with Crippen molar-refractivity contribution in [2.75, 3.05) is 14.2 Å². The van der Waals surface area contributed by atoms with Crippen LogP contribution >= 0.6 is 0 Å². The molecule has 1 saturated heterocycles. The van der Waals surface area contributed by atoms with Crippen molar-refractivity contribution in [3.05, 3.63) is 45.0 Å². The first-order valence-electron chi connectivity index (χ1n) is 14.7. The fourth-order valence-electron chi connectivity index (χ4n) is 6.67. The van der Waals surface area contributed by atoms with Crippen LogP contribution in [0, 0.1) is 31.1 Å². The van der Waals surface area contributed by atoms with Gasteiger partial charge < -0.3 is 19.3 Å². The van der Waals surface area contributed by atoms with Gasteiger partial charge in [-0.3, -0.25) is 0 Å². The quantitative estimate of drug-likeness (QED) is 0.250. The second kappa shape index (κ2) is 12.7. The molecule has 1 aromatic carbocycles. The van der Waals surface area contributed by atoms with Gasteiger partial charge >= 0.3 is 5.97 Å². The third-order valence-electron chi connectivity index (χ3n) is 9.82. The van der Waals surface area contributed by atoms with Gasteiger partial charge in [0.2, 0.25) is 0 Å². The number of aryl methyl sites for hydroxylation is 2. The number of carbonyl (C=O) groups excluding carboxylic acids is 1. The Bertz CT molecular complexity index is 1020. The molecule has 2 aliphatic rings. The Morgan fingerprint density at radius 1 is 1.18 bits per heavy atom. The highest BCUT2D eigenvalue weighted by Crippen LogP contribution is 2.48. The molecular weight excluding hydrogens is 476 g/mol. The summed E-state index contributed by atoms with van der Waals surface area (Å²) in [5.74, 6) is 0.201. The van der Waals surface area contributed by atoms with Crippen LogP contribution in [0.15, 0.2) is 17.2 Å². The Labute approximate surface area is 231 Å². The number of aliphatic hydroxyl groups excluding tert-OH is 1. The van der Waals surface area contributed by atoms with E-state index in [1.807, 2.05) is 6.92 Å². The summed E-state index contributed by atoms with van der Waals surface area (Å²) in [5.41, 5.74) is 7.58. The minimum atomic E-state index is -0.603. The molecule has 0 bridgehead atoms. The summed E-state index contributed by atoms with van der Waals surface area (Å²) in [6, 6.07) is 2.09. The van der Waals surface area contributed by atoms with Gasteiger partial charge in [-0.2, -0.15) is 0 Å². The highest BCUT2D eigenvalue weighted by Gasteiger charge is 2.46. The predicted molar refractivity (Wildman–Crippen MR) is 154 cm³/mol. The molecule has 1 aliphatic heterocycles. The van der Waals surface area contributed by atoms with E-state index in [-0.39, 0.29) is 35.6 Å². The van der Waals surface area contributed by atoms with Crippen LogP contribution in [-0.4, -0.2) is 49.7 Å². The second-order valence-corrected chi connectivity index (χ2v) is 12.3. The van der Waals surface area contributed by atoms with Crippen molar-refractivity contribution < 1.29 is 24.1 Å². The highest BCUT2D eigenvalue weighted by atomic mass is 16.5. The van der Waals surface area contributed by atoms with Crippen molar-refractivity contribution in [2.24, 2.45) is 17.3 Å². The van der Waals surface area contributed by atoms with E-state index in [1.165, 1.54) is 23.8 Å². The number of ether oxygens (including phenoxy) is 3. The van der Waals surface area contributed by atoms with Gasteiger partial charge in [0.05, 0.1) is 37.1 Å². The summed E-state index contributed by atoms with van der Waals surface area (Å²) in [7, 11) is 3.19. The molecule has 1 aromatic rings. The number of benzene rings is 1. The SMILES string of the molecule is CCc1cc(C)c(C(=O)OC)c(CC(O)C(C)C(CC2OC(C(C)OC)CC(CC)C2(C)C)=C2CC2)c1C. The topological polar surface area (TPSA) is 65.0 Å². The van der Waals surface area contributed by atoms with Gasteiger partial charge in [-0.1, -0.05) is 58.3 Å². The van der Waals surface area contributed by atoms with Crippen LogP contribution in [0.3, 0.4) is 0 Å². The largest absolute Gasteiger partial charge is 0.465 e. The van der Waals surface area contributed by atoms with Crippen LogP contribution < -0.4 is 0 Å². The van der Waals surface area contributed by atoms with Crippen molar-refractivity contribution in [3.63, 3.8) is 0 Å². The zero-order chi connectivity index (χ0) is 28.4. The molecule has 0 radical (unpaired) electrons. The van der Waals surface area contributed by atoms with Gasteiger partial charge in [0.25, 0.3) is 0 Å². The zero-order valence-electron chi connectivity index (χ0n) is 25.6. The van der Waals surface area contributed by atoms with E-state index in [2.05, 4.69) is 54.5 Å². The molecule has 6 atom stereocenters. The molecule has 0 aromatic heterocycles. The van der Waals surface area contributed by atoms with Gasteiger partial charge in [-0.05, 0) is 86.5 Å². The van der Waals surface area contributed by atoms with Crippen LogP contribution in [-0.2, 0) is 27.1 Å². The first-order valence-corrected chi connectivity index (χ1v) is 14.7. The van der Waals surface area contributed by atoms with Gasteiger partial charge in [0, 0.05) is 19.4 Å². The molecule has 1 heterocycles. The average Bonchev–Trinajstić information content (AvgIpc) is 3.73. The molecule has 1 aliphatic carbocycles. The van der Waals surface area contributed by atoms with Crippen molar-refractivity contribution in [2.45, 2.75) is 125 Å². The van der Waals surface area contributed by atoms with Gasteiger partial charge in [-0.15, -0.1) is 0 Å². The summed E-state index contributed by atoms with van der Waals surface area (Å²) in [6.45, 7) is 17.4. The maximum Gasteiger partial charge on any atom is 0.338 e. The van der Waals surface area contributed by atoms with Crippen LogP contribution in [0.2, 0.25) is 0 Å². The first-order chi connectivity index (χ1) is 17.9. The Morgan fingerprint density at radius 3 is 2.37 bits per heavy atom. The molecule has 5 heteroatoms. The van der Waals surface area contributed by atoms with Crippen molar-refractivity contribution in [3.8, 4) is 0 Å². The summed E-state index contributed by atoms with van der Waals surface area (Å²) in [5, 5.41) is 11.7. The maximum atomic E-state index is 12.8. The third-order valence-corrected chi connectivity index (χ3v) is 9.82. The second-order valence-electron chi connectivity index (χ2n) is 12.3. The molecule has 2 fully saturated rings. The maximum absolute atomic E-state index is 12.8. The van der Waals surface area contributed by atoms with Crippen LogP contribution in [0.5, 0.6) is 0 Å². The van der Waals surface area contributed by atoms with Crippen LogP contribution in [0.25, 0.3) is 0 Å². The molecule has 3 rings (SSSR count). The molecular formula is C33H52O5. The molecule has 0 amide bonds. The molecule has 5 nitrogen and oxygen atoms in total. The van der Waals surface area contributed by atoms with E-state index in [9.17, 15) is 9.90 Å². The fourth-order valence-corrected chi connectivity index (χ4v) is 6.67. The van der Waals surface area contributed by atoms with Gasteiger partial charge in [-0.25, -0.2) is 4.79 Å². The lowest BCUT2D eigenvalue weighted by Crippen LogP contribution is -2.50. The normalized spacial score (nSPS) is 25.0. The van der Waals surface area contributed by atoms with E-state index in [4.69, 9.17) is 14.2 Å². The average molecular weight is 529 g/mol. The number of esters is 1. The Morgan fingerprint density at radius 2 is 1.84 bits per heavy atom. The molecule has 1 N–H and O–H groups in total. The van der Waals surface area contributed by atoms with Crippen molar-refractivity contribution in [1.82, 2.24) is 0 Å². The predicted octanol–water partition coefficient (Wildman–Crippen LogP) is 6.92. The number of hydrogen-bond donors (Lipinski definition) is 1. The Kier molecular flexibility index (Phi) is 10.3. The lowest BCUT2D eigenvalue weighted by Gasteiger charge is -2.49. The van der Waals surface area contributed by atoms with E-state index in [0.29, 0.717) is 17.9 Å². The van der Waals surface area contributed by atoms with Crippen LogP contribution in [0.1, 0.15) is 106 Å². The van der Waals surface area contributed by atoms with Gasteiger partial charge in [0.1, 0.15) is 0 Å². The number of rotatable bonds is 11. The third kappa shape index (κ3) is 6.37. The number of methoxy groups -OCH3 is 2. The fraction of sp³-hybridized carbons (Fsp3) is 0.727. The summed E-state index contributed by atoms with van der Waals surface area (Å²) in [4.78, 5) is 12.8. The summed E-state index contributed by atoms with van der Waals surface area (Å²) in [6.07, 6.45) is 6.09. The number of aliphatic hydroxyl groups is 1. The molecule has 38 heavy (non-hydrogen) atoms. The monoisotopic (exact) mass is 528 g/mol. The van der Waals surface area contributed by atoms with E-state index in [0.717, 1.165) is 55.2 Å². The minimum absolute atomic E-state index is 0.0253. The highest BCUT2D eigenvalue weighted by molar-refractivity contribution is 5.93. The smallest absolute Gasteiger partial charge is 0.338 e. The lowest BCUT2D eigenvalue weighted by molar-refractivity contribution is -0.180. The lowest BCUT2D eigenvalue weighted by atomic mass is 9.66. The summed E-state index contributed by atoms with van der Waals surface area (Å²) < 4.78 is 17.6. The van der Waals surface area contributed by atoms with Gasteiger partial charge in [0.15, 0.2) is 0 Å². The number of hydrogen-bond acceptors (Lipinski definition) is 5. The zero-order valence-corrected chi connectivity index (χ0v) is 25.6. The molecule has 1 saturated carbocycles. The first kappa shape index (κ1) is 30.8. The standard InChI is InChI=1S/C33H52O5/c1-11-23-15-19(3)31(32(35)37-10)27(20(23)4)17-28(34)21(5)26(24-13-14-24)18-30-33(7,8)25(12-2)16-29(38-30)22(6)36-9/h15,21-22,25,28-30,34H,11-14,16-18H2,1-10H3. The Balaban J connectivity index is 1.90. The van der Waals surface area contributed by atoms with E-state index in [1.54, 1.807) is 7.11 Å². The Hall–Kier alpha value is -1.69. The summed E-state index contributed by atoms with van der Waals surface area (Å²) >= 11 is 0. The molecule has 0 spiro atoms. The van der Waals surface area contributed by atoms with Crippen molar-refractivity contribution >= 4 is 5.97 Å². The number of allylic oxidation sites excluding steroid dienone is 1. The minimum Gasteiger partial charge on any atom is -0.465 e. The van der Waals surface area contributed by atoms with E-state index < -0.39 is 6.10 Å². The van der Waals surface area contributed by atoms with E-state index >= 15 is 0 Å². The van der Waals surface area contributed by atoms with Crippen molar-refractivity contribution in [1.29, 1.82) is 0 Å². The number of carbonyl (C=O) groups is 1.